The number of nitriles is 1. The van der Waals surface area contributed by atoms with Gasteiger partial charge in [-0.05, 0) is 49.3 Å². The Hall–Kier alpha value is -1.49. The van der Waals surface area contributed by atoms with Gasteiger partial charge in [0.1, 0.15) is 6.07 Å². The van der Waals surface area contributed by atoms with Crippen molar-refractivity contribution in [1.82, 2.24) is 0 Å². The van der Waals surface area contributed by atoms with Gasteiger partial charge < -0.3 is 4.90 Å². The maximum atomic E-state index is 9.24. The molecular formula is C16H22N2. The number of anilines is 1. The zero-order valence-corrected chi connectivity index (χ0v) is 11.6. The van der Waals surface area contributed by atoms with Crippen LogP contribution in [0.25, 0.3) is 0 Å². The van der Waals surface area contributed by atoms with E-state index in [0.29, 0.717) is 0 Å². The first-order valence-electron chi connectivity index (χ1n) is 6.87. The van der Waals surface area contributed by atoms with E-state index < -0.39 is 0 Å². The van der Waals surface area contributed by atoms with Gasteiger partial charge in [0.05, 0.1) is 11.3 Å². The summed E-state index contributed by atoms with van der Waals surface area (Å²) in [5.74, 6) is 1.62. The van der Waals surface area contributed by atoms with E-state index in [-0.39, 0.29) is 0 Å². The van der Waals surface area contributed by atoms with Crippen LogP contribution in [-0.4, -0.2) is 13.1 Å². The maximum Gasteiger partial charge on any atom is 0.101 e. The molecule has 1 aromatic rings. The zero-order chi connectivity index (χ0) is 13.1. The molecule has 0 amide bonds. The molecule has 1 aliphatic heterocycles. The van der Waals surface area contributed by atoms with Crippen LogP contribution in [0.15, 0.2) is 18.2 Å². The minimum absolute atomic E-state index is 0.778. The molecule has 0 saturated carbocycles. The summed E-state index contributed by atoms with van der Waals surface area (Å²) in [6.07, 6.45) is 2.49. The molecule has 2 heteroatoms. The van der Waals surface area contributed by atoms with Gasteiger partial charge in [-0.3, -0.25) is 0 Å². The van der Waals surface area contributed by atoms with Gasteiger partial charge >= 0.3 is 0 Å². The summed E-state index contributed by atoms with van der Waals surface area (Å²) in [5, 5.41) is 9.24. The van der Waals surface area contributed by atoms with E-state index in [9.17, 15) is 5.26 Å². The third-order valence-electron chi connectivity index (χ3n) is 4.10. The van der Waals surface area contributed by atoms with Crippen LogP contribution < -0.4 is 4.90 Å². The highest BCUT2D eigenvalue weighted by Crippen LogP contribution is 2.29. The van der Waals surface area contributed by atoms with Crippen LogP contribution in [0.4, 0.5) is 5.69 Å². The number of hydrogen-bond donors (Lipinski definition) is 0. The molecule has 0 spiro atoms. The second-order valence-electron chi connectivity index (χ2n) is 5.70. The Bertz CT molecular complexity index is 449. The van der Waals surface area contributed by atoms with Crippen molar-refractivity contribution >= 4 is 5.69 Å². The Morgan fingerprint density at radius 2 is 1.94 bits per heavy atom. The lowest BCUT2D eigenvalue weighted by Crippen LogP contribution is -2.35. The fourth-order valence-electron chi connectivity index (χ4n) is 2.82. The van der Waals surface area contributed by atoms with Crippen LogP contribution in [0.2, 0.25) is 0 Å². The molecule has 0 unspecified atom stereocenters. The van der Waals surface area contributed by atoms with Crippen molar-refractivity contribution in [3.8, 4) is 6.07 Å². The van der Waals surface area contributed by atoms with Crippen LogP contribution in [-0.2, 0) is 0 Å². The molecule has 1 saturated heterocycles. The van der Waals surface area contributed by atoms with Crippen molar-refractivity contribution in [3.63, 3.8) is 0 Å². The Balaban J connectivity index is 2.13. The molecule has 96 valence electrons. The van der Waals surface area contributed by atoms with Crippen molar-refractivity contribution < 1.29 is 0 Å². The minimum atomic E-state index is 0.778. The maximum absolute atomic E-state index is 9.24. The summed E-state index contributed by atoms with van der Waals surface area (Å²) in [6, 6.07) is 8.52. The lowest BCUT2D eigenvalue weighted by atomic mass is 9.86. The molecule has 0 N–H and O–H groups in total. The van der Waals surface area contributed by atoms with Gasteiger partial charge in [-0.1, -0.05) is 19.9 Å². The van der Waals surface area contributed by atoms with Crippen molar-refractivity contribution in [3.05, 3.63) is 29.3 Å². The Kier molecular flexibility index (Phi) is 3.91. The van der Waals surface area contributed by atoms with Crippen LogP contribution in [0.1, 0.15) is 37.8 Å². The summed E-state index contributed by atoms with van der Waals surface area (Å²) in [6.45, 7) is 8.83. The Labute approximate surface area is 110 Å². The van der Waals surface area contributed by atoms with Gasteiger partial charge in [0.15, 0.2) is 0 Å². The normalized spacial score (nSPS) is 16.9. The number of nitrogens with zero attached hydrogens (tertiary/aromatic N) is 2. The molecule has 0 bridgehead atoms. The molecule has 18 heavy (non-hydrogen) atoms. The van der Waals surface area contributed by atoms with E-state index >= 15 is 0 Å². The van der Waals surface area contributed by atoms with E-state index in [1.54, 1.807) is 0 Å². The second kappa shape index (κ2) is 5.44. The van der Waals surface area contributed by atoms with E-state index in [0.717, 1.165) is 41.7 Å². The van der Waals surface area contributed by atoms with Gasteiger partial charge in [-0.15, -0.1) is 0 Å². The molecule has 0 atom stereocenters. The molecule has 0 radical (unpaired) electrons. The first-order valence-corrected chi connectivity index (χ1v) is 6.87. The monoisotopic (exact) mass is 242 g/mol. The summed E-state index contributed by atoms with van der Waals surface area (Å²) >= 11 is 0. The highest BCUT2D eigenvalue weighted by Gasteiger charge is 2.22. The predicted octanol–water partition coefficient (Wildman–Crippen LogP) is 3.74. The van der Waals surface area contributed by atoms with Gasteiger partial charge in [-0.2, -0.15) is 5.26 Å². The molecule has 1 aliphatic rings. The van der Waals surface area contributed by atoms with Crippen LogP contribution in [0.5, 0.6) is 0 Å². The third kappa shape index (κ3) is 2.67. The lowest BCUT2D eigenvalue weighted by molar-refractivity contribution is 0.311. The number of rotatable bonds is 2. The molecule has 1 aromatic carbocycles. The van der Waals surface area contributed by atoms with Crippen LogP contribution in [0, 0.1) is 30.1 Å². The van der Waals surface area contributed by atoms with E-state index in [4.69, 9.17) is 0 Å². The van der Waals surface area contributed by atoms with E-state index in [1.807, 2.05) is 13.0 Å². The van der Waals surface area contributed by atoms with Gasteiger partial charge in [0.25, 0.3) is 0 Å². The van der Waals surface area contributed by atoms with Crippen molar-refractivity contribution in [2.24, 2.45) is 11.8 Å². The standard InChI is InChI=1S/C16H22N2/c1-12(2)14-6-8-18(9-7-14)16-5-4-13(3)10-15(16)11-17/h4-5,10,12,14H,6-9H2,1-3H3. The Morgan fingerprint density at radius 3 is 2.50 bits per heavy atom. The molecular weight excluding hydrogens is 220 g/mol. The molecule has 0 aliphatic carbocycles. The number of hydrogen-bond acceptors (Lipinski definition) is 2. The van der Waals surface area contributed by atoms with Gasteiger partial charge in [0, 0.05) is 13.1 Å². The topological polar surface area (TPSA) is 27.0 Å². The number of aryl methyl sites for hydroxylation is 1. The smallest absolute Gasteiger partial charge is 0.101 e. The largest absolute Gasteiger partial charge is 0.370 e. The second-order valence-corrected chi connectivity index (χ2v) is 5.70. The van der Waals surface area contributed by atoms with Crippen molar-refractivity contribution in [1.29, 1.82) is 5.26 Å². The summed E-state index contributed by atoms with van der Waals surface area (Å²) in [7, 11) is 0. The fourth-order valence-corrected chi connectivity index (χ4v) is 2.82. The molecule has 1 heterocycles. The molecule has 0 aromatic heterocycles. The SMILES string of the molecule is Cc1ccc(N2CCC(C(C)C)CC2)c(C#N)c1. The minimum Gasteiger partial charge on any atom is -0.370 e. The number of benzene rings is 1. The van der Waals surface area contributed by atoms with Crippen LogP contribution in [0.3, 0.4) is 0 Å². The number of piperidine rings is 1. The Morgan fingerprint density at radius 1 is 1.28 bits per heavy atom. The first kappa shape index (κ1) is 13.0. The third-order valence-corrected chi connectivity index (χ3v) is 4.10. The lowest BCUT2D eigenvalue weighted by Gasteiger charge is -2.35. The van der Waals surface area contributed by atoms with Gasteiger partial charge in [-0.25, -0.2) is 0 Å². The summed E-state index contributed by atoms with van der Waals surface area (Å²) in [5.41, 5.74) is 3.09. The molecule has 2 nitrogen and oxygen atoms in total. The molecule has 2 rings (SSSR count). The highest BCUT2D eigenvalue weighted by molar-refractivity contribution is 5.60. The highest BCUT2D eigenvalue weighted by atomic mass is 15.1. The zero-order valence-electron chi connectivity index (χ0n) is 11.6. The van der Waals surface area contributed by atoms with E-state index in [2.05, 4.69) is 36.9 Å². The molecule has 1 fully saturated rings. The first-order chi connectivity index (χ1) is 8.61. The summed E-state index contributed by atoms with van der Waals surface area (Å²) < 4.78 is 0. The average Bonchev–Trinajstić information content (AvgIpc) is 2.38. The summed E-state index contributed by atoms with van der Waals surface area (Å²) in [4.78, 5) is 2.37. The quantitative estimate of drug-likeness (QED) is 0.790. The van der Waals surface area contributed by atoms with Gasteiger partial charge in [0.2, 0.25) is 0 Å². The van der Waals surface area contributed by atoms with E-state index in [1.165, 1.54) is 12.8 Å². The fraction of sp³-hybridized carbons (Fsp3) is 0.562. The van der Waals surface area contributed by atoms with Crippen LogP contribution >= 0.6 is 0 Å². The van der Waals surface area contributed by atoms with Crippen molar-refractivity contribution in [2.75, 3.05) is 18.0 Å². The van der Waals surface area contributed by atoms with Crippen molar-refractivity contribution in [2.45, 2.75) is 33.6 Å². The predicted molar refractivity (Wildman–Crippen MR) is 75.7 cm³/mol. The average molecular weight is 242 g/mol.